The van der Waals surface area contributed by atoms with Crippen LogP contribution in [0.4, 0.5) is 0 Å². The summed E-state index contributed by atoms with van der Waals surface area (Å²) in [4.78, 5) is 25.8. The minimum Gasteiger partial charge on any atom is -0.462 e. The maximum absolute atomic E-state index is 13.0. The number of amides is 1. The van der Waals surface area contributed by atoms with Gasteiger partial charge in [-0.1, -0.05) is 187 Å². The molecule has 1 amide bonds. The SMILES string of the molecule is CCC/C=C\CCCCCC(CC(=O)NC(CO)C(O)CCCCCCCCCCCCCC)OC(=O)CCCCCCCCCCCCC. The Bertz CT molecular complexity index is 757. The average molecular weight is 708 g/mol. The summed E-state index contributed by atoms with van der Waals surface area (Å²) < 4.78 is 5.86. The number of hydrogen-bond donors (Lipinski definition) is 3. The van der Waals surface area contributed by atoms with Gasteiger partial charge in [0.25, 0.3) is 0 Å². The molecule has 50 heavy (non-hydrogen) atoms. The molecular formula is C44H85NO5. The highest BCUT2D eigenvalue weighted by Crippen LogP contribution is 2.17. The summed E-state index contributed by atoms with van der Waals surface area (Å²) in [6.07, 6.45) is 39.9. The molecule has 0 radical (unpaired) electrons. The minimum absolute atomic E-state index is 0.0716. The van der Waals surface area contributed by atoms with Crippen molar-refractivity contribution in [2.75, 3.05) is 6.61 Å². The highest BCUT2D eigenvalue weighted by atomic mass is 16.5. The molecule has 0 aliphatic carbocycles. The molecule has 0 rings (SSSR count). The van der Waals surface area contributed by atoms with Crippen molar-refractivity contribution >= 4 is 11.9 Å². The fraction of sp³-hybridized carbons (Fsp3) is 0.909. The third kappa shape index (κ3) is 33.7. The first-order valence-corrected chi connectivity index (χ1v) is 21.9. The molecule has 6 heteroatoms. The van der Waals surface area contributed by atoms with Crippen molar-refractivity contribution in [2.24, 2.45) is 0 Å². The first-order chi connectivity index (χ1) is 24.5. The number of rotatable bonds is 39. The number of carbonyl (C=O) groups excluding carboxylic acids is 2. The zero-order valence-corrected chi connectivity index (χ0v) is 33.5. The van der Waals surface area contributed by atoms with Crippen molar-refractivity contribution < 1.29 is 24.5 Å². The van der Waals surface area contributed by atoms with Gasteiger partial charge in [0.2, 0.25) is 5.91 Å². The summed E-state index contributed by atoms with van der Waals surface area (Å²) in [6, 6.07) is -0.696. The first-order valence-electron chi connectivity index (χ1n) is 21.9. The van der Waals surface area contributed by atoms with Gasteiger partial charge in [-0.05, 0) is 44.9 Å². The predicted octanol–water partition coefficient (Wildman–Crippen LogP) is 12.2. The van der Waals surface area contributed by atoms with Gasteiger partial charge in [0, 0.05) is 6.42 Å². The van der Waals surface area contributed by atoms with E-state index in [1.807, 2.05) is 0 Å². The number of allylic oxidation sites excluding steroid dienone is 2. The Morgan fingerprint density at radius 2 is 1.00 bits per heavy atom. The normalized spacial score (nSPS) is 13.5. The fourth-order valence-electron chi connectivity index (χ4n) is 6.73. The van der Waals surface area contributed by atoms with Crippen LogP contribution < -0.4 is 5.32 Å². The van der Waals surface area contributed by atoms with Crippen LogP contribution in [0.3, 0.4) is 0 Å². The van der Waals surface area contributed by atoms with Crippen molar-refractivity contribution in [3.63, 3.8) is 0 Å². The summed E-state index contributed by atoms with van der Waals surface area (Å²) in [5.41, 5.74) is 0. The second-order valence-electron chi connectivity index (χ2n) is 15.1. The van der Waals surface area contributed by atoms with Crippen LogP contribution in [0, 0.1) is 0 Å². The maximum Gasteiger partial charge on any atom is 0.306 e. The molecule has 296 valence electrons. The molecular weight excluding hydrogens is 622 g/mol. The smallest absolute Gasteiger partial charge is 0.306 e. The van der Waals surface area contributed by atoms with Crippen molar-refractivity contribution in [1.29, 1.82) is 0 Å². The molecule has 0 aliphatic rings. The topological polar surface area (TPSA) is 95.9 Å². The lowest BCUT2D eigenvalue weighted by atomic mass is 10.0. The van der Waals surface area contributed by atoms with Crippen LogP contribution >= 0.6 is 0 Å². The van der Waals surface area contributed by atoms with Gasteiger partial charge in [-0.25, -0.2) is 0 Å². The molecule has 0 aliphatic heterocycles. The molecule has 3 N–H and O–H groups in total. The molecule has 0 saturated heterocycles. The molecule has 3 unspecified atom stereocenters. The number of unbranched alkanes of at least 4 members (excludes halogenated alkanes) is 25. The number of esters is 1. The Hall–Kier alpha value is -1.40. The van der Waals surface area contributed by atoms with E-state index in [0.717, 1.165) is 64.2 Å². The predicted molar refractivity (Wildman–Crippen MR) is 213 cm³/mol. The summed E-state index contributed by atoms with van der Waals surface area (Å²) in [6.45, 7) is 6.39. The van der Waals surface area contributed by atoms with E-state index in [0.29, 0.717) is 19.3 Å². The van der Waals surface area contributed by atoms with Gasteiger partial charge in [-0.2, -0.15) is 0 Å². The van der Waals surface area contributed by atoms with E-state index in [1.165, 1.54) is 122 Å². The Morgan fingerprint density at radius 1 is 0.560 bits per heavy atom. The molecule has 0 aromatic carbocycles. The Kier molecular flexibility index (Phi) is 37.7. The standard InChI is InChI=1S/C44H85NO5/c1-4-7-10-13-16-19-21-23-24-27-30-33-36-42(47)41(39-46)45-43(48)38-40(35-32-29-26-18-15-12-9-6-3)50-44(49)37-34-31-28-25-22-20-17-14-11-8-5-2/h12,15,40-42,46-47H,4-11,13-14,16-39H2,1-3H3,(H,45,48)/b15-12-. The van der Waals surface area contributed by atoms with Crippen LogP contribution in [-0.2, 0) is 14.3 Å². The van der Waals surface area contributed by atoms with Crippen LogP contribution in [0.2, 0.25) is 0 Å². The van der Waals surface area contributed by atoms with E-state index >= 15 is 0 Å². The molecule has 0 fully saturated rings. The van der Waals surface area contributed by atoms with Crippen molar-refractivity contribution in [3.05, 3.63) is 12.2 Å². The molecule has 0 spiro atoms. The van der Waals surface area contributed by atoms with Crippen molar-refractivity contribution in [3.8, 4) is 0 Å². The number of aliphatic hydroxyl groups is 2. The second-order valence-corrected chi connectivity index (χ2v) is 15.1. The third-order valence-electron chi connectivity index (χ3n) is 10.1. The van der Waals surface area contributed by atoms with Crippen molar-refractivity contribution in [2.45, 2.75) is 251 Å². The Labute approximate surface area is 310 Å². The summed E-state index contributed by atoms with van der Waals surface area (Å²) in [5, 5.41) is 23.5. The molecule has 0 aromatic heterocycles. The number of hydrogen-bond acceptors (Lipinski definition) is 5. The lowest BCUT2D eigenvalue weighted by molar-refractivity contribution is -0.151. The quantitative estimate of drug-likeness (QED) is 0.0336. The number of nitrogens with one attached hydrogen (secondary N) is 1. The van der Waals surface area contributed by atoms with Gasteiger partial charge in [0.1, 0.15) is 6.10 Å². The van der Waals surface area contributed by atoms with E-state index < -0.39 is 18.2 Å². The zero-order chi connectivity index (χ0) is 36.8. The van der Waals surface area contributed by atoms with Crippen LogP contribution in [0.1, 0.15) is 233 Å². The van der Waals surface area contributed by atoms with Crippen LogP contribution in [0.25, 0.3) is 0 Å². The minimum atomic E-state index is -0.783. The van der Waals surface area contributed by atoms with E-state index in [-0.39, 0.29) is 24.9 Å². The van der Waals surface area contributed by atoms with E-state index in [1.54, 1.807) is 0 Å². The van der Waals surface area contributed by atoms with Gasteiger partial charge in [0.15, 0.2) is 0 Å². The Balaban J connectivity index is 4.49. The van der Waals surface area contributed by atoms with Gasteiger partial charge < -0.3 is 20.3 Å². The molecule has 0 heterocycles. The second kappa shape index (κ2) is 38.8. The maximum atomic E-state index is 13.0. The number of ether oxygens (including phenoxy) is 1. The van der Waals surface area contributed by atoms with Gasteiger partial charge in [-0.15, -0.1) is 0 Å². The lowest BCUT2D eigenvalue weighted by Crippen LogP contribution is -2.46. The molecule has 0 saturated carbocycles. The van der Waals surface area contributed by atoms with E-state index in [9.17, 15) is 19.8 Å². The molecule has 3 atom stereocenters. The zero-order valence-electron chi connectivity index (χ0n) is 33.5. The molecule has 6 nitrogen and oxygen atoms in total. The lowest BCUT2D eigenvalue weighted by Gasteiger charge is -2.24. The largest absolute Gasteiger partial charge is 0.462 e. The van der Waals surface area contributed by atoms with Crippen LogP contribution in [0.5, 0.6) is 0 Å². The average Bonchev–Trinajstić information content (AvgIpc) is 3.10. The van der Waals surface area contributed by atoms with E-state index in [4.69, 9.17) is 4.74 Å². The highest BCUT2D eigenvalue weighted by Gasteiger charge is 2.24. The van der Waals surface area contributed by atoms with Crippen LogP contribution in [0.15, 0.2) is 12.2 Å². The van der Waals surface area contributed by atoms with Gasteiger partial charge >= 0.3 is 5.97 Å². The van der Waals surface area contributed by atoms with Crippen LogP contribution in [-0.4, -0.2) is 46.9 Å². The summed E-state index contributed by atoms with van der Waals surface area (Å²) in [5.74, 6) is -0.486. The van der Waals surface area contributed by atoms with Gasteiger partial charge in [0.05, 0.1) is 25.2 Å². The summed E-state index contributed by atoms with van der Waals surface area (Å²) >= 11 is 0. The monoisotopic (exact) mass is 708 g/mol. The third-order valence-corrected chi connectivity index (χ3v) is 10.1. The Morgan fingerprint density at radius 3 is 1.50 bits per heavy atom. The first kappa shape index (κ1) is 48.6. The highest BCUT2D eigenvalue weighted by molar-refractivity contribution is 5.77. The van der Waals surface area contributed by atoms with Crippen molar-refractivity contribution in [1.82, 2.24) is 5.32 Å². The molecule has 0 aromatic rings. The molecule has 0 bridgehead atoms. The van der Waals surface area contributed by atoms with E-state index in [2.05, 4.69) is 38.2 Å². The number of aliphatic hydroxyl groups excluding tert-OH is 2. The summed E-state index contributed by atoms with van der Waals surface area (Å²) in [7, 11) is 0. The number of carbonyl (C=O) groups is 2. The van der Waals surface area contributed by atoms with Gasteiger partial charge in [-0.3, -0.25) is 9.59 Å². The fourth-order valence-corrected chi connectivity index (χ4v) is 6.73.